The number of benzene rings is 3. The number of aryl methyl sites for hydroxylation is 1. The summed E-state index contributed by atoms with van der Waals surface area (Å²) in [5, 5.41) is 17.4. The van der Waals surface area contributed by atoms with Crippen molar-refractivity contribution in [3.05, 3.63) is 47.7 Å². The number of phenolic OH excluding ortho intramolecular Hbond substituents is 1. The Balaban J connectivity index is 1.17. The van der Waals surface area contributed by atoms with Crippen LogP contribution < -0.4 is 9.64 Å². The number of fused-ring (bicyclic) bond motifs is 7. The van der Waals surface area contributed by atoms with Gasteiger partial charge in [0.15, 0.2) is 5.82 Å². The molecule has 1 aliphatic carbocycles. The topological polar surface area (TPSA) is 99.9 Å². The van der Waals surface area contributed by atoms with Crippen LogP contribution >= 0.6 is 0 Å². The maximum atomic E-state index is 17.8. The maximum Gasteiger partial charge on any atom is 0.319 e. The zero-order chi connectivity index (χ0) is 37.0. The number of aromatic hydroxyl groups is 1. The lowest BCUT2D eigenvalue weighted by molar-refractivity contribution is -0.130. The van der Waals surface area contributed by atoms with Crippen LogP contribution in [0, 0.1) is 29.9 Å². The first-order chi connectivity index (χ1) is 26.1. The van der Waals surface area contributed by atoms with Gasteiger partial charge in [0.1, 0.15) is 47.0 Å². The molecule has 5 atom stereocenters. The van der Waals surface area contributed by atoms with Crippen LogP contribution in [0.3, 0.4) is 0 Å². The van der Waals surface area contributed by atoms with Crippen molar-refractivity contribution in [3.63, 3.8) is 0 Å². The molecule has 0 radical (unpaired) electrons. The first-order valence-corrected chi connectivity index (χ1v) is 18.9. The van der Waals surface area contributed by atoms with E-state index in [1.165, 1.54) is 24.3 Å². The summed E-state index contributed by atoms with van der Waals surface area (Å²) in [6, 6.07) is 5.69. The van der Waals surface area contributed by atoms with Crippen molar-refractivity contribution in [2.45, 2.75) is 68.7 Å². The number of terminal acetylenes is 1. The molecular weight excluding hydrogens is 695 g/mol. The molecule has 278 valence electrons. The molecule has 0 spiro atoms. The molecule has 4 saturated heterocycles. The number of carbonyl (C=O) groups excluding carboxylic acids is 1. The normalized spacial score (nSPS) is 26.9. The van der Waals surface area contributed by atoms with Crippen molar-refractivity contribution < 1.29 is 27.8 Å². The number of ketones is 1. The molecule has 1 saturated carbocycles. The molecule has 2 bridgehead atoms. The monoisotopic (exact) mass is 735 g/mol. The number of carbonyl (C=O) groups is 1. The number of aromatic nitrogens is 4. The van der Waals surface area contributed by atoms with Crippen molar-refractivity contribution in [1.29, 1.82) is 0 Å². The molecular formula is C41H40F3N7O3. The van der Waals surface area contributed by atoms with E-state index >= 15 is 8.78 Å². The molecule has 0 amide bonds. The number of hydrogen-bond acceptors (Lipinski definition) is 9. The van der Waals surface area contributed by atoms with Gasteiger partial charge in [-0.15, -0.1) is 6.42 Å². The minimum absolute atomic E-state index is 0.00174. The zero-order valence-electron chi connectivity index (χ0n) is 30.0. The quantitative estimate of drug-likeness (QED) is 0.205. The number of rotatable bonds is 7. The predicted octanol–water partition coefficient (Wildman–Crippen LogP) is 5.89. The van der Waals surface area contributed by atoms with Crippen molar-refractivity contribution >= 4 is 44.2 Å². The Hall–Kier alpha value is -4.93. The van der Waals surface area contributed by atoms with E-state index in [2.05, 4.69) is 20.6 Å². The lowest BCUT2D eigenvalue weighted by atomic mass is 9.83. The van der Waals surface area contributed by atoms with Crippen molar-refractivity contribution in [1.82, 2.24) is 29.5 Å². The van der Waals surface area contributed by atoms with Gasteiger partial charge in [0, 0.05) is 86.6 Å². The fourth-order valence-electron chi connectivity index (χ4n) is 10.3. The third kappa shape index (κ3) is 5.09. The molecule has 2 aromatic heterocycles. The molecule has 5 fully saturated rings. The van der Waals surface area contributed by atoms with E-state index in [4.69, 9.17) is 26.2 Å². The maximum absolute atomic E-state index is 17.8. The molecule has 6 heterocycles. The number of piperazine rings is 1. The van der Waals surface area contributed by atoms with Gasteiger partial charge in [0.25, 0.3) is 0 Å². The lowest BCUT2D eigenvalue weighted by Crippen LogP contribution is -2.56. The van der Waals surface area contributed by atoms with Gasteiger partial charge in [0.05, 0.1) is 16.5 Å². The van der Waals surface area contributed by atoms with Gasteiger partial charge in [-0.2, -0.15) is 15.1 Å². The van der Waals surface area contributed by atoms with Crippen LogP contribution in [0.4, 0.5) is 19.0 Å². The number of halogens is 3. The van der Waals surface area contributed by atoms with Crippen LogP contribution in [0.15, 0.2) is 30.5 Å². The zero-order valence-corrected chi connectivity index (χ0v) is 30.0. The number of nitrogens with zero attached hydrogens (tertiary/aromatic N) is 7. The van der Waals surface area contributed by atoms with Gasteiger partial charge in [-0.1, -0.05) is 12.0 Å². The fourth-order valence-corrected chi connectivity index (χ4v) is 10.3. The van der Waals surface area contributed by atoms with E-state index in [1.54, 1.807) is 17.9 Å². The minimum atomic E-state index is -0.946. The smallest absolute Gasteiger partial charge is 0.319 e. The lowest BCUT2D eigenvalue weighted by Gasteiger charge is -2.43. The molecule has 3 aromatic carbocycles. The van der Waals surface area contributed by atoms with E-state index < -0.39 is 23.3 Å². The molecule has 1 N–H and O–H groups in total. The molecule has 10 nitrogen and oxygen atoms in total. The summed E-state index contributed by atoms with van der Waals surface area (Å²) in [6.45, 7) is 3.55. The minimum Gasteiger partial charge on any atom is -0.508 e. The Kier molecular flexibility index (Phi) is 7.66. The second-order valence-corrected chi connectivity index (χ2v) is 16.0. The Morgan fingerprint density at radius 2 is 1.89 bits per heavy atom. The standard InChI is InChI=1S/C41H40F3N7O3/c1-3-28-31(43)9-5-22-13-27(52)14-29(33(22)28)34-36(44)38-35(30-20-48(2)47-37(30)34)39(46-40(45-38)54-21-41-11-4-12-50(41)17-24(42)15-41)51-25-7-8-26(51)19-49(18-25)16-23-6-10-32(23)53/h1,5,9,13-14,20,23-26,52H,4,6-8,10-12,15-19,21H2,2H3/t23?,24-,25-,26+,41+/m1/s1. The predicted molar refractivity (Wildman–Crippen MR) is 198 cm³/mol. The van der Waals surface area contributed by atoms with Crippen molar-refractivity contribution in [3.8, 4) is 35.2 Å². The van der Waals surface area contributed by atoms with Crippen LogP contribution in [0.5, 0.6) is 11.8 Å². The Morgan fingerprint density at radius 3 is 2.63 bits per heavy atom. The number of Topliss-reactive ketones (excluding diaryl/α,β-unsaturated/α-hetero) is 1. The Morgan fingerprint density at radius 1 is 1.07 bits per heavy atom. The molecule has 13 heteroatoms. The van der Waals surface area contributed by atoms with E-state index in [0.717, 1.165) is 58.3 Å². The molecule has 5 aromatic rings. The Bertz CT molecular complexity index is 2430. The van der Waals surface area contributed by atoms with Gasteiger partial charge >= 0.3 is 6.01 Å². The third-order valence-corrected chi connectivity index (χ3v) is 12.8. The summed E-state index contributed by atoms with van der Waals surface area (Å²) in [5.74, 6) is 1.87. The second-order valence-electron chi connectivity index (χ2n) is 16.0. The van der Waals surface area contributed by atoms with Gasteiger partial charge in [-0.25, -0.2) is 13.2 Å². The molecule has 5 aliphatic rings. The first-order valence-electron chi connectivity index (χ1n) is 18.9. The molecule has 1 unspecified atom stereocenters. The summed E-state index contributed by atoms with van der Waals surface area (Å²) >= 11 is 0. The molecule has 54 heavy (non-hydrogen) atoms. The van der Waals surface area contributed by atoms with E-state index in [0.29, 0.717) is 47.1 Å². The van der Waals surface area contributed by atoms with Crippen molar-refractivity contribution in [2.75, 3.05) is 44.2 Å². The average molecular weight is 736 g/mol. The molecule has 10 rings (SSSR count). The number of hydrogen-bond donors (Lipinski definition) is 1. The first kappa shape index (κ1) is 33.6. The van der Waals surface area contributed by atoms with Crippen LogP contribution in [-0.2, 0) is 11.8 Å². The summed E-state index contributed by atoms with van der Waals surface area (Å²) in [7, 11) is 1.75. The van der Waals surface area contributed by atoms with Gasteiger partial charge in [0.2, 0.25) is 0 Å². The SMILES string of the molecule is C#Cc1c(F)ccc2cc(O)cc(-c3c(F)c4nc(OC[C@@]56CCCN5C[C@H](F)C6)nc(N5[C@@H]6CC[C@H]5CN(CC5CCC5=O)C6)c4c4cn(C)nc34)c12. The fraction of sp³-hybridized carbons (Fsp3) is 0.463. The number of alkyl halides is 1. The molecule has 4 aliphatic heterocycles. The highest BCUT2D eigenvalue weighted by Crippen LogP contribution is 2.47. The van der Waals surface area contributed by atoms with Gasteiger partial charge in [-0.3, -0.25) is 19.3 Å². The highest BCUT2D eigenvalue weighted by atomic mass is 19.1. The van der Waals surface area contributed by atoms with Crippen LogP contribution in [-0.4, -0.2) is 104 Å². The third-order valence-electron chi connectivity index (χ3n) is 12.8. The number of likely N-dealkylation sites (tertiary alicyclic amines) is 1. The second kappa shape index (κ2) is 12.3. The number of anilines is 1. The largest absolute Gasteiger partial charge is 0.508 e. The highest BCUT2D eigenvalue weighted by Gasteiger charge is 2.50. The Labute approximate surface area is 309 Å². The number of ether oxygens (including phenoxy) is 1. The average Bonchev–Trinajstić information content (AvgIpc) is 3.87. The highest BCUT2D eigenvalue weighted by molar-refractivity contribution is 6.18. The van der Waals surface area contributed by atoms with Crippen molar-refractivity contribution in [2.24, 2.45) is 13.0 Å². The summed E-state index contributed by atoms with van der Waals surface area (Å²) < 4.78 is 55.8. The van der Waals surface area contributed by atoms with Gasteiger partial charge < -0.3 is 14.7 Å². The summed E-state index contributed by atoms with van der Waals surface area (Å²) in [6.07, 6.45) is 12.2. The summed E-state index contributed by atoms with van der Waals surface area (Å²) in [5.41, 5.74) is -0.0451. The number of phenols is 1. The van der Waals surface area contributed by atoms with Gasteiger partial charge in [-0.05, 0) is 67.8 Å². The van der Waals surface area contributed by atoms with E-state index in [1.807, 2.05) is 0 Å². The van der Waals surface area contributed by atoms with Crippen LogP contribution in [0.2, 0.25) is 0 Å². The van der Waals surface area contributed by atoms with Crippen LogP contribution in [0.1, 0.15) is 50.5 Å². The van der Waals surface area contributed by atoms with E-state index in [9.17, 15) is 14.3 Å². The summed E-state index contributed by atoms with van der Waals surface area (Å²) in [4.78, 5) is 28.9. The van der Waals surface area contributed by atoms with Crippen LogP contribution in [0.25, 0.3) is 43.7 Å². The van der Waals surface area contributed by atoms with E-state index in [-0.39, 0.29) is 69.5 Å².